The average molecular weight is 256 g/mol. The van der Waals surface area contributed by atoms with Crippen molar-refractivity contribution >= 4 is 5.78 Å². The molecule has 0 heterocycles. The molecular formula is C16H32O2. The van der Waals surface area contributed by atoms with Crippen LogP contribution < -0.4 is 0 Å². The molecule has 0 saturated carbocycles. The van der Waals surface area contributed by atoms with Crippen LogP contribution >= 0.6 is 0 Å². The molecule has 2 nitrogen and oxygen atoms in total. The van der Waals surface area contributed by atoms with Crippen LogP contribution in [-0.2, 0) is 4.79 Å². The molecule has 0 aliphatic rings. The molecule has 0 aromatic heterocycles. The van der Waals surface area contributed by atoms with Gasteiger partial charge in [-0.2, -0.15) is 0 Å². The summed E-state index contributed by atoms with van der Waals surface area (Å²) in [4.78, 5) is 11.8. The molecule has 0 radical (unpaired) electrons. The molecule has 18 heavy (non-hydrogen) atoms. The Labute approximate surface area is 113 Å². The first-order valence-corrected chi connectivity index (χ1v) is 7.81. The zero-order valence-electron chi connectivity index (χ0n) is 12.6. The molecule has 0 bridgehead atoms. The van der Waals surface area contributed by atoms with Gasteiger partial charge in [0.25, 0.3) is 0 Å². The lowest BCUT2D eigenvalue weighted by Crippen LogP contribution is -2.20. The molecule has 0 saturated heterocycles. The van der Waals surface area contributed by atoms with E-state index in [0.29, 0.717) is 18.6 Å². The van der Waals surface area contributed by atoms with Crippen molar-refractivity contribution in [1.29, 1.82) is 0 Å². The van der Waals surface area contributed by atoms with Crippen LogP contribution in [0.1, 0.15) is 85.0 Å². The lowest BCUT2D eigenvalue weighted by molar-refractivity contribution is -0.121. The Balaban J connectivity index is 3.81. The summed E-state index contributed by atoms with van der Waals surface area (Å²) in [6.45, 7) is 6.18. The minimum absolute atomic E-state index is 0.176. The highest BCUT2D eigenvalue weighted by Crippen LogP contribution is 2.19. The van der Waals surface area contributed by atoms with Crippen LogP contribution in [0.5, 0.6) is 0 Å². The highest BCUT2D eigenvalue weighted by atomic mass is 16.3. The van der Waals surface area contributed by atoms with Crippen LogP contribution in [0.4, 0.5) is 0 Å². The van der Waals surface area contributed by atoms with Crippen LogP contribution in [0, 0.1) is 5.92 Å². The number of Topliss-reactive ketones (excluding diaryl/α,β-unsaturated/α-hetero) is 1. The fraction of sp³-hybridized carbons (Fsp3) is 0.938. The number of unbranched alkanes of at least 4 members (excludes halogenated alkanes) is 5. The molecule has 0 rings (SSSR count). The topological polar surface area (TPSA) is 37.3 Å². The Morgan fingerprint density at radius 3 is 2.17 bits per heavy atom. The summed E-state index contributed by atoms with van der Waals surface area (Å²) in [6.07, 6.45) is 10.1. The Bertz CT molecular complexity index is 199. The Morgan fingerprint density at radius 2 is 1.61 bits per heavy atom. The normalized spacial score (nSPS) is 14.4. The lowest BCUT2D eigenvalue weighted by Gasteiger charge is -2.19. The van der Waals surface area contributed by atoms with Crippen molar-refractivity contribution in [2.24, 2.45) is 5.92 Å². The summed E-state index contributed by atoms with van der Waals surface area (Å²) in [7, 11) is 0. The van der Waals surface area contributed by atoms with Crippen molar-refractivity contribution in [3.05, 3.63) is 0 Å². The third-order valence-corrected chi connectivity index (χ3v) is 3.66. The van der Waals surface area contributed by atoms with Crippen LogP contribution in [0.25, 0.3) is 0 Å². The van der Waals surface area contributed by atoms with Gasteiger partial charge in [0.15, 0.2) is 0 Å². The maximum atomic E-state index is 11.8. The average Bonchev–Trinajstić information content (AvgIpc) is 2.33. The monoisotopic (exact) mass is 256 g/mol. The van der Waals surface area contributed by atoms with Crippen LogP contribution in [-0.4, -0.2) is 17.0 Å². The third kappa shape index (κ3) is 9.64. The number of rotatable bonds is 12. The molecule has 0 aromatic carbocycles. The van der Waals surface area contributed by atoms with E-state index in [4.69, 9.17) is 0 Å². The van der Waals surface area contributed by atoms with E-state index < -0.39 is 0 Å². The van der Waals surface area contributed by atoms with Gasteiger partial charge in [-0.25, -0.2) is 0 Å². The van der Waals surface area contributed by atoms with E-state index in [9.17, 15) is 9.90 Å². The molecule has 2 atom stereocenters. The first-order valence-electron chi connectivity index (χ1n) is 7.81. The Morgan fingerprint density at radius 1 is 1.00 bits per heavy atom. The van der Waals surface area contributed by atoms with Crippen molar-refractivity contribution in [3.8, 4) is 0 Å². The third-order valence-electron chi connectivity index (χ3n) is 3.66. The van der Waals surface area contributed by atoms with E-state index in [1.807, 2.05) is 6.92 Å². The van der Waals surface area contributed by atoms with Gasteiger partial charge in [-0.1, -0.05) is 52.4 Å². The molecule has 0 aliphatic heterocycles. The maximum Gasteiger partial charge on any atom is 0.133 e. The van der Waals surface area contributed by atoms with Crippen molar-refractivity contribution < 1.29 is 9.90 Å². The standard InChI is InChI=1S/C16H32O2/c1-4-6-8-10-12-16(18)13-15(14(3)17)11-9-7-5-2/h14-15,17H,4-13H2,1-3H3. The summed E-state index contributed by atoms with van der Waals surface area (Å²) in [6, 6.07) is 0. The summed E-state index contributed by atoms with van der Waals surface area (Å²) < 4.78 is 0. The maximum absolute atomic E-state index is 11.8. The number of hydrogen-bond donors (Lipinski definition) is 1. The highest BCUT2D eigenvalue weighted by Gasteiger charge is 2.18. The van der Waals surface area contributed by atoms with E-state index in [1.54, 1.807) is 0 Å². The van der Waals surface area contributed by atoms with Crippen molar-refractivity contribution in [3.63, 3.8) is 0 Å². The SMILES string of the molecule is CCCCCCC(=O)CC(CCCCC)C(C)O. The second kappa shape index (κ2) is 11.7. The van der Waals surface area contributed by atoms with Crippen LogP contribution in [0.2, 0.25) is 0 Å². The molecule has 2 heteroatoms. The summed E-state index contributed by atoms with van der Waals surface area (Å²) in [5, 5.41) is 9.72. The first kappa shape index (κ1) is 17.6. The molecule has 0 aliphatic carbocycles. The number of aliphatic hydroxyl groups excluding tert-OH is 1. The van der Waals surface area contributed by atoms with Crippen LogP contribution in [0.3, 0.4) is 0 Å². The number of carbonyl (C=O) groups is 1. The van der Waals surface area contributed by atoms with Crippen molar-refractivity contribution in [2.45, 2.75) is 91.1 Å². The molecule has 0 spiro atoms. The van der Waals surface area contributed by atoms with Gasteiger partial charge >= 0.3 is 0 Å². The second-order valence-electron chi connectivity index (χ2n) is 5.55. The molecule has 2 unspecified atom stereocenters. The highest BCUT2D eigenvalue weighted by molar-refractivity contribution is 5.78. The largest absolute Gasteiger partial charge is 0.393 e. The fourth-order valence-corrected chi connectivity index (χ4v) is 2.31. The quantitative estimate of drug-likeness (QED) is 0.522. The van der Waals surface area contributed by atoms with Gasteiger partial charge in [0.1, 0.15) is 5.78 Å². The second-order valence-corrected chi connectivity index (χ2v) is 5.55. The van der Waals surface area contributed by atoms with E-state index >= 15 is 0 Å². The van der Waals surface area contributed by atoms with E-state index in [-0.39, 0.29) is 12.0 Å². The molecule has 0 fully saturated rings. The van der Waals surface area contributed by atoms with Crippen molar-refractivity contribution in [2.75, 3.05) is 0 Å². The summed E-state index contributed by atoms with van der Waals surface area (Å²) in [5.41, 5.74) is 0. The molecular weight excluding hydrogens is 224 g/mol. The van der Waals surface area contributed by atoms with Gasteiger partial charge < -0.3 is 5.11 Å². The zero-order chi connectivity index (χ0) is 13.8. The molecule has 0 amide bonds. The van der Waals surface area contributed by atoms with E-state index in [1.165, 1.54) is 25.7 Å². The predicted molar refractivity (Wildman–Crippen MR) is 77.7 cm³/mol. The molecule has 0 aromatic rings. The van der Waals surface area contributed by atoms with Crippen molar-refractivity contribution in [1.82, 2.24) is 0 Å². The van der Waals surface area contributed by atoms with Gasteiger partial charge in [0.2, 0.25) is 0 Å². The van der Waals surface area contributed by atoms with E-state index in [2.05, 4.69) is 13.8 Å². The minimum Gasteiger partial charge on any atom is -0.393 e. The number of hydrogen-bond acceptors (Lipinski definition) is 2. The van der Waals surface area contributed by atoms with Gasteiger partial charge in [0, 0.05) is 12.8 Å². The van der Waals surface area contributed by atoms with E-state index in [0.717, 1.165) is 25.7 Å². The first-order chi connectivity index (χ1) is 8.61. The fourth-order valence-electron chi connectivity index (χ4n) is 2.31. The minimum atomic E-state index is -0.346. The summed E-state index contributed by atoms with van der Waals surface area (Å²) in [5.74, 6) is 0.517. The predicted octanol–water partition coefficient (Wildman–Crippen LogP) is 4.49. The smallest absolute Gasteiger partial charge is 0.133 e. The number of ketones is 1. The lowest BCUT2D eigenvalue weighted by atomic mass is 9.90. The zero-order valence-corrected chi connectivity index (χ0v) is 12.6. The molecule has 1 N–H and O–H groups in total. The Kier molecular flexibility index (Phi) is 11.5. The van der Waals surface area contributed by atoms with Gasteiger partial charge in [0.05, 0.1) is 6.10 Å². The van der Waals surface area contributed by atoms with Gasteiger partial charge in [-0.15, -0.1) is 0 Å². The Hall–Kier alpha value is -0.370. The van der Waals surface area contributed by atoms with Gasteiger partial charge in [-0.05, 0) is 25.7 Å². The summed E-state index contributed by atoms with van der Waals surface area (Å²) >= 11 is 0. The van der Waals surface area contributed by atoms with Crippen LogP contribution in [0.15, 0.2) is 0 Å². The number of carbonyl (C=O) groups excluding carboxylic acids is 1. The van der Waals surface area contributed by atoms with Gasteiger partial charge in [-0.3, -0.25) is 4.79 Å². The number of aliphatic hydroxyl groups is 1. The molecule has 108 valence electrons.